The number of pyridine rings is 1. The summed E-state index contributed by atoms with van der Waals surface area (Å²) in [4.78, 5) is 21.1. The van der Waals surface area contributed by atoms with Crippen LogP contribution in [0.2, 0.25) is 0 Å². The summed E-state index contributed by atoms with van der Waals surface area (Å²) in [5, 5.41) is 0. The highest BCUT2D eigenvalue weighted by atomic mass is 32.2. The number of hydrogen-bond donors (Lipinski definition) is 1. The lowest BCUT2D eigenvalue weighted by Crippen LogP contribution is -2.66. The molecule has 2 N–H and O–H groups in total. The highest BCUT2D eigenvalue weighted by Crippen LogP contribution is 2.52. The molecule has 2 aliphatic heterocycles. The number of aliphatic imine (C=N–C) groups is 1. The molecule has 2 aliphatic rings. The van der Waals surface area contributed by atoms with E-state index >= 15 is 4.39 Å². The molecule has 0 bridgehead atoms. The zero-order chi connectivity index (χ0) is 30.0. The van der Waals surface area contributed by atoms with Gasteiger partial charge in [-0.3, -0.25) is 9.78 Å². The third-order valence-corrected chi connectivity index (χ3v) is 12.4. The monoisotopic (exact) mass is 606 g/mol. The minimum absolute atomic E-state index is 0.00152. The molecule has 0 amide bonds. The second-order valence-electron chi connectivity index (χ2n) is 10.4. The maximum Gasteiger partial charge on any atom is 0.247 e. The predicted molar refractivity (Wildman–Crippen MR) is 146 cm³/mol. The van der Waals surface area contributed by atoms with Crippen LogP contribution in [0.5, 0.6) is 0 Å². The second-order valence-corrected chi connectivity index (χ2v) is 14.6. The van der Waals surface area contributed by atoms with Gasteiger partial charge >= 0.3 is 0 Å². The van der Waals surface area contributed by atoms with Gasteiger partial charge in [-0.05, 0) is 49.2 Å². The maximum absolute atomic E-state index is 15.6. The highest BCUT2D eigenvalue weighted by Gasteiger charge is 2.67. The van der Waals surface area contributed by atoms with Crippen LogP contribution in [0.3, 0.4) is 0 Å². The molecule has 2 atom stereocenters. The summed E-state index contributed by atoms with van der Waals surface area (Å²) in [5.74, 6) is -2.27. The van der Waals surface area contributed by atoms with E-state index in [1.165, 1.54) is 44.4 Å². The Morgan fingerprint density at radius 3 is 2.51 bits per heavy atom. The summed E-state index contributed by atoms with van der Waals surface area (Å²) in [6, 6.07) is 7.54. The van der Waals surface area contributed by atoms with E-state index in [1.807, 2.05) is 0 Å². The van der Waals surface area contributed by atoms with E-state index in [4.69, 9.17) is 5.73 Å². The van der Waals surface area contributed by atoms with Gasteiger partial charge in [0.2, 0.25) is 26.0 Å². The Hall–Kier alpha value is -3.69. The predicted octanol–water partition coefficient (Wildman–Crippen LogP) is 1.76. The number of sulfonamides is 2. The molecule has 218 valence electrons. The van der Waals surface area contributed by atoms with Crippen LogP contribution in [-0.4, -0.2) is 71.6 Å². The summed E-state index contributed by atoms with van der Waals surface area (Å²) in [5.41, 5.74) is 4.33. The fourth-order valence-electron chi connectivity index (χ4n) is 5.56. The molecule has 4 heterocycles. The molecule has 11 nitrogen and oxygen atoms in total. The number of aromatic nitrogens is 2. The van der Waals surface area contributed by atoms with Crippen LogP contribution in [0.25, 0.3) is 0 Å². The third-order valence-electron chi connectivity index (χ3n) is 7.97. The Labute approximate surface area is 236 Å². The highest BCUT2D eigenvalue weighted by molar-refractivity contribution is 7.91. The Balaban J connectivity index is 1.60. The van der Waals surface area contributed by atoms with E-state index in [-0.39, 0.29) is 41.5 Å². The van der Waals surface area contributed by atoms with E-state index in [9.17, 15) is 26.0 Å². The molecule has 0 radical (unpaired) electrons. The fourth-order valence-corrected chi connectivity index (χ4v) is 9.33. The average Bonchev–Trinajstić information content (AvgIpc) is 3.58. The van der Waals surface area contributed by atoms with Gasteiger partial charge < -0.3 is 10.3 Å². The van der Waals surface area contributed by atoms with Gasteiger partial charge in [0.25, 0.3) is 0 Å². The number of carbonyl (C=O) groups is 1. The van der Waals surface area contributed by atoms with E-state index in [0.717, 1.165) is 26.9 Å². The molecule has 41 heavy (non-hydrogen) atoms. The molecule has 1 spiro atoms. The van der Waals surface area contributed by atoms with Crippen LogP contribution in [0.15, 0.2) is 64.9 Å². The quantitative estimate of drug-likeness (QED) is 0.421. The van der Waals surface area contributed by atoms with Crippen molar-refractivity contribution in [2.45, 2.75) is 34.9 Å². The van der Waals surface area contributed by atoms with Crippen molar-refractivity contribution in [3.05, 3.63) is 83.4 Å². The number of guanidine groups is 1. The first kappa shape index (κ1) is 28.8. The number of ketones is 1. The maximum atomic E-state index is 15.6. The first-order valence-electron chi connectivity index (χ1n) is 12.5. The first-order valence-corrected chi connectivity index (χ1v) is 15.4. The van der Waals surface area contributed by atoms with Crippen molar-refractivity contribution in [3.8, 4) is 0 Å². The minimum Gasteiger partial charge on any atom is -0.369 e. The molecular formula is C26H28F2N6O5S2. The Morgan fingerprint density at radius 2 is 1.88 bits per heavy atom. The van der Waals surface area contributed by atoms with Crippen molar-refractivity contribution in [2.24, 2.45) is 17.8 Å². The number of nitrogens with zero attached hydrogens (tertiary/aromatic N) is 5. The number of halogens is 2. The number of rotatable bonds is 6. The summed E-state index contributed by atoms with van der Waals surface area (Å²) in [6.07, 6.45) is 3.44. The van der Waals surface area contributed by atoms with Gasteiger partial charge in [0.05, 0.1) is 11.1 Å². The Bertz CT molecular complexity index is 1790. The lowest BCUT2D eigenvalue weighted by atomic mass is 9.77. The normalized spacial score (nSPS) is 24.5. The molecule has 0 unspecified atom stereocenters. The largest absolute Gasteiger partial charge is 0.369 e. The van der Waals surface area contributed by atoms with Crippen molar-refractivity contribution in [1.29, 1.82) is 0 Å². The van der Waals surface area contributed by atoms with E-state index < -0.39 is 54.3 Å². The topological polar surface area (TPSA) is 148 Å². The molecular weight excluding hydrogens is 578 g/mol. The molecule has 0 aliphatic carbocycles. The summed E-state index contributed by atoms with van der Waals surface area (Å²) in [6.45, 7) is 0.742. The smallest absolute Gasteiger partial charge is 0.247 e. The van der Waals surface area contributed by atoms with Gasteiger partial charge in [0.15, 0.2) is 5.78 Å². The first-order chi connectivity index (χ1) is 19.1. The number of hydrogen-bond acceptors (Lipinski definition) is 8. The van der Waals surface area contributed by atoms with Crippen molar-refractivity contribution in [1.82, 2.24) is 18.2 Å². The summed E-state index contributed by atoms with van der Waals surface area (Å²) < 4.78 is 85.4. The number of benzene rings is 1. The van der Waals surface area contributed by atoms with Gasteiger partial charge in [-0.1, -0.05) is 6.07 Å². The molecule has 1 saturated heterocycles. The van der Waals surface area contributed by atoms with E-state index in [2.05, 4.69) is 9.98 Å². The van der Waals surface area contributed by atoms with E-state index in [0.29, 0.717) is 5.56 Å². The van der Waals surface area contributed by atoms with Crippen molar-refractivity contribution >= 4 is 31.8 Å². The van der Waals surface area contributed by atoms with E-state index in [1.54, 1.807) is 17.8 Å². The number of nitrogens with two attached hydrogens (primary N) is 1. The molecule has 1 aromatic carbocycles. The number of aryl methyl sites for hydroxylation is 1. The van der Waals surface area contributed by atoms with Crippen LogP contribution in [0.1, 0.15) is 35.0 Å². The summed E-state index contributed by atoms with van der Waals surface area (Å²) >= 11 is 0. The van der Waals surface area contributed by atoms with Crippen LogP contribution in [0, 0.1) is 11.6 Å². The summed E-state index contributed by atoms with van der Waals surface area (Å²) in [7, 11) is -5.61. The van der Waals surface area contributed by atoms with Crippen LogP contribution >= 0.6 is 0 Å². The van der Waals surface area contributed by atoms with Crippen LogP contribution < -0.4 is 5.73 Å². The Kier molecular flexibility index (Phi) is 6.82. The minimum atomic E-state index is -4.39. The standard InChI is InChI=1S/C26H28F2N6O5S2/c1-25(20-12-17(4-6-21(20)28)13-23(35)22-7-5-18(27)14-30-22)26(41(38,39)33(3)24(29)31-25)9-11-34(16-26)40(36,37)19-8-10-32(2)15-19/h4-8,10,12,14-15H,9,11,13,16H2,1-3H3,(H2,29,31)/t25-,26-/m1/s1. The van der Waals surface area contributed by atoms with Gasteiger partial charge in [-0.2, -0.15) is 4.31 Å². The lowest BCUT2D eigenvalue weighted by molar-refractivity contribution is 0.0988. The van der Waals surface area contributed by atoms with Gasteiger partial charge in [0, 0.05) is 51.6 Å². The van der Waals surface area contributed by atoms with Crippen LogP contribution in [0.4, 0.5) is 8.78 Å². The zero-order valence-corrected chi connectivity index (χ0v) is 24.1. The van der Waals surface area contributed by atoms with Crippen molar-refractivity contribution in [2.75, 3.05) is 20.1 Å². The van der Waals surface area contributed by atoms with Crippen molar-refractivity contribution in [3.63, 3.8) is 0 Å². The van der Waals surface area contributed by atoms with Crippen LogP contribution in [-0.2, 0) is 39.1 Å². The number of carbonyl (C=O) groups excluding carboxylic acids is 1. The molecule has 2 aromatic heterocycles. The van der Waals surface area contributed by atoms with Gasteiger partial charge in [-0.25, -0.2) is 34.9 Å². The second kappa shape index (κ2) is 9.70. The van der Waals surface area contributed by atoms with Gasteiger partial charge in [0.1, 0.15) is 27.6 Å². The molecule has 1 fully saturated rings. The Morgan fingerprint density at radius 1 is 1.15 bits per heavy atom. The molecule has 3 aromatic rings. The molecule has 0 saturated carbocycles. The molecule has 5 rings (SSSR count). The van der Waals surface area contributed by atoms with Crippen molar-refractivity contribution < 1.29 is 30.4 Å². The number of Topliss-reactive ketones (excluding diaryl/α,β-unsaturated/α-hetero) is 1. The average molecular weight is 607 g/mol. The fraction of sp³-hybridized carbons (Fsp3) is 0.346. The third kappa shape index (κ3) is 4.42. The zero-order valence-electron chi connectivity index (χ0n) is 22.5. The SMILES string of the molecule is CN1C(N)=N[C@](C)(c2cc(CC(=O)c3ccc(F)cn3)ccc2F)[C@]2(CCN(S(=O)(=O)c3ccn(C)c3)C2)S1(=O)=O. The molecule has 15 heteroatoms. The lowest BCUT2D eigenvalue weighted by Gasteiger charge is -2.48. The van der Waals surface area contributed by atoms with Gasteiger partial charge in [-0.15, -0.1) is 0 Å².